The normalized spacial score (nSPS) is 11.0. The lowest BCUT2D eigenvalue weighted by Crippen LogP contribution is -2.18. The maximum Gasteiger partial charge on any atom is 0.276 e. The van der Waals surface area contributed by atoms with Gasteiger partial charge < -0.3 is 5.32 Å². The van der Waals surface area contributed by atoms with Crippen LogP contribution in [0.1, 0.15) is 23.0 Å². The number of benzene rings is 1. The molecule has 3 rings (SSSR count). The molecule has 6 nitrogen and oxygen atoms in total. The van der Waals surface area contributed by atoms with Crippen LogP contribution in [0.5, 0.6) is 0 Å². The summed E-state index contributed by atoms with van der Waals surface area (Å²) in [5.41, 5.74) is -0.696. The number of aryl methyl sites for hydroxylation is 1. The van der Waals surface area contributed by atoms with Crippen LogP contribution in [-0.4, -0.2) is 25.5 Å². The van der Waals surface area contributed by atoms with Gasteiger partial charge in [0.1, 0.15) is 5.69 Å². The lowest BCUT2D eigenvalue weighted by molar-refractivity contribution is 0.101. The molecule has 0 bridgehead atoms. The highest BCUT2D eigenvalue weighted by Gasteiger charge is 2.21. The highest BCUT2D eigenvalue weighted by Crippen LogP contribution is 2.21. The molecular weight excluding hydrogens is 390 g/mol. The zero-order chi connectivity index (χ0) is 19.7. The Balaban J connectivity index is 1.80. The quantitative estimate of drug-likeness (QED) is 0.524. The van der Waals surface area contributed by atoms with Crippen molar-refractivity contribution in [1.82, 2.24) is 19.6 Å². The number of rotatable bonds is 5. The molecule has 142 valence electrons. The van der Waals surface area contributed by atoms with Crippen LogP contribution in [0.25, 0.3) is 0 Å². The number of hydrogen-bond donors (Lipinski definition) is 1. The van der Waals surface area contributed by atoms with Crippen molar-refractivity contribution in [2.75, 3.05) is 5.32 Å². The third kappa shape index (κ3) is 3.65. The van der Waals surface area contributed by atoms with Gasteiger partial charge in [0.15, 0.2) is 29.1 Å². The molecule has 0 spiro atoms. The Bertz CT molecular complexity index is 990. The Morgan fingerprint density at radius 1 is 1.22 bits per heavy atom. The Morgan fingerprint density at radius 2 is 1.89 bits per heavy atom. The monoisotopic (exact) mass is 401 g/mol. The predicted molar refractivity (Wildman–Crippen MR) is 88.5 cm³/mol. The SMILES string of the molecule is CCn1ncc(Cl)c1C(=O)Nc1ccn(Cc2c(F)c(F)cc(F)c2F)n1. The summed E-state index contributed by atoms with van der Waals surface area (Å²) < 4.78 is 56.4. The Labute approximate surface area is 155 Å². The molecule has 27 heavy (non-hydrogen) atoms. The Morgan fingerprint density at radius 3 is 2.52 bits per heavy atom. The molecule has 2 aromatic heterocycles. The molecule has 3 aromatic rings. The number of carbonyl (C=O) groups is 1. The van der Waals surface area contributed by atoms with Gasteiger partial charge in [0.25, 0.3) is 5.91 Å². The molecule has 2 heterocycles. The van der Waals surface area contributed by atoms with E-state index in [-0.39, 0.29) is 22.6 Å². The van der Waals surface area contributed by atoms with Crippen molar-refractivity contribution in [2.24, 2.45) is 0 Å². The van der Waals surface area contributed by atoms with Crippen molar-refractivity contribution in [1.29, 1.82) is 0 Å². The van der Waals surface area contributed by atoms with Gasteiger partial charge in [0.05, 0.1) is 23.3 Å². The highest BCUT2D eigenvalue weighted by atomic mass is 35.5. The predicted octanol–water partition coefficient (Wildman–Crippen LogP) is 3.61. The Hall–Kier alpha value is -2.88. The lowest BCUT2D eigenvalue weighted by Gasteiger charge is -2.07. The van der Waals surface area contributed by atoms with Gasteiger partial charge in [-0.3, -0.25) is 14.2 Å². The molecule has 0 saturated carbocycles. The largest absolute Gasteiger partial charge is 0.304 e. The van der Waals surface area contributed by atoms with Crippen molar-refractivity contribution in [3.63, 3.8) is 0 Å². The smallest absolute Gasteiger partial charge is 0.276 e. The fourth-order valence-corrected chi connectivity index (χ4v) is 2.67. The van der Waals surface area contributed by atoms with Crippen molar-refractivity contribution in [3.8, 4) is 0 Å². The van der Waals surface area contributed by atoms with E-state index in [9.17, 15) is 22.4 Å². The second kappa shape index (κ2) is 7.39. The van der Waals surface area contributed by atoms with E-state index >= 15 is 0 Å². The fourth-order valence-electron chi connectivity index (χ4n) is 2.44. The molecule has 1 amide bonds. The van der Waals surface area contributed by atoms with Gasteiger partial charge in [-0.15, -0.1) is 0 Å². The molecule has 0 fully saturated rings. The van der Waals surface area contributed by atoms with Crippen LogP contribution in [0.3, 0.4) is 0 Å². The average Bonchev–Trinajstić information content (AvgIpc) is 3.22. The molecular formula is C16H12ClF4N5O. The number of anilines is 1. The maximum absolute atomic E-state index is 13.7. The van der Waals surface area contributed by atoms with Crippen LogP contribution in [0.4, 0.5) is 23.4 Å². The molecule has 0 unspecified atom stereocenters. The number of aromatic nitrogens is 4. The van der Waals surface area contributed by atoms with Crippen LogP contribution in [0.15, 0.2) is 24.5 Å². The summed E-state index contributed by atoms with van der Waals surface area (Å²) in [4.78, 5) is 12.3. The highest BCUT2D eigenvalue weighted by molar-refractivity contribution is 6.34. The first-order valence-corrected chi connectivity index (χ1v) is 8.07. The van der Waals surface area contributed by atoms with E-state index in [4.69, 9.17) is 11.6 Å². The van der Waals surface area contributed by atoms with Crippen molar-refractivity contribution in [3.05, 3.63) is 64.1 Å². The summed E-state index contributed by atoms with van der Waals surface area (Å²) in [6.07, 6.45) is 2.61. The van der Waals surface area contributed by atoms with Crippen molar-refractivity contribution in [2.45, 2.75) is 20.0 Å². The van der Waals surface area contributed by atoms with Crippen molar-refractivity contribution >= 4 is 23.3 Å². The maximum atomic E-state index is 13.7. The van der Waals surface area contributed by atoms with Crippen LogP contribution >= 0.6 is 11.6 Å². The summed E-state index contributed by atoms with van der Waals surface area (Å²) in [5.74, 6) is -6.56. The first kappa shape index (κ1) is 18.9. The minimum Gasteiger partial charge on any atom is -0.304 e. The summed E-state index contributed by atoms with van der Waals surface area (Å²) in [6, 6.07) is 1.48. The topological polar surface area (TPSA) is 64.7 Å². The van der Waals surface area contributed by atoms with Gasteiger partial charge in [-0.2, -0.15) is 10.2 Å². The van der Waals surface area contributed by atoms with Gasteiger partial charge in [0, 0.05) is 24.9 Å². The van der Waals surface area contributed by atoms with E-state index in [0.29, 0.717) is 6.54 Å². The number of nitrogens with one attached hydrogen (secondary N) is 1. The van der Waals surface area contributed by atoms with Crippen LogP contribution in [-0.2, 0) is 13.1 Å². The van der Waals surface area contributed by atoms with E-state index in [0.717, 1.165) is 4.68 Å². The number of halogens is 5. The summed E-state index contributed by atoms with van der Waals surface area (Å²) >= 11 is 5.94. The van der Waals surface area contributed by atoms with E-state index in [1.165, 1.54) is 23.1 Å². The second-order valence-corrected chi connectivity index (χ2v) is 5.86. The number of nitrogens with zero attached hydrogens (tertiary/aromatic N) is 4. The molecule has 1 N–H and O–H groups in total. The third-order valence-electron chi connectivity index (χ3n) is 3.71. The molecule has 0 radical (unpaired) electrons. The van der Waals surface area contributed by atoms with E-state index in [1.54, 1.807) is 6.92 Å². The van der Waals surface area contributed by atoms with E-state index in [1.807, 2.05) is 0 Å². The lowest BCUT2D eigenvalue weighted by atomic mass is 10.2. The fraction of sp³-hybridized carbons (Fsp3) is 0.188. The molecule has 0 atom stereocenters. The number of hydrogen-bond acceptors (Lipinski definition) is 3. The summed E-state index contributed by atoms with van der Waals surface area (Å²) in [6.45, 7) is 1.61. The Kier molecular flexibility index (Phi) is 5.17. The average molecular weight is 402 g/mol. The standard InChI is InChI=1S/C16H12ClF4N5O/c1-2-26-15(9(17)6-22-26)16(27)23-12-3-4-25(24-12)7-8-13(20)10(18)5-11(19)14(8)21/h3-6H,2,7H2,1H3,(H,23,24,27). The zero-order valence-electron chi connectivity index (χ0n) is 13.8. The zero-order valence-corrected chi connectivity index (χ0v) is 14.6. The van der Waals surface area contributed by atoms with Gasteiger partial charge >= 0.3 is 0 Å². The second-order valence-electron chi connectivity index (χ2n) is 5.46. The third-order valence-corrected chi connectivity index (χ3v) is 3.99. The van der Waals surface area contributed by atoms with Gasteiger partial charge in [0.2, 0.25) is 0 Å². The molecule has 0 aliphatic rings. The van der Waals surface area contributed by atoms with Crippen LogP contribution in [0.2, 0.25) is 5.02 Å². The molecule has 11 heteroatoms. The van der Waals surface area contributed by atoms with Crippen LogP contribution in [0, 0.1) is 23.3 Å². The van der Waals surface area contributed by atoms with E-state index in [2.05, 4.69) is 15.5 Å². The van der Waals surface area contributed by atoms with Gasteiger partial charge in [-0.25, -0.2) is 17.6 Å². The van der Waals surface area contributed by atoms with Crippen molar-refractivity contribution < 1.29 is 22.4 Å². The van der Waals surface area contributed by atoms with Crippen LogP contribution < -0.4 is 5.32 Å². The summed E-state index contributed by atoms with van der Waals surface area (Å²) in [5, 5.41) is 10.5. The minimum atomic E-state index is -1.51. The first-order chi connectivity index (χ1) is 12.8. The van der Waals surface area contributed by atoms with E-state index < -0.39 is 41.3 Å². The molecule has 0 aliphatic carbocycles. The number of carbonyl (C=O) groups excluding carboxylic acids is 1. The minimum absolute atomic E-state index is 0.0533. The van der Waals surface area contributed by atoms with Gasteiger partial charge in [-0.1, -0.05) is 11.6 Å². The molecule has 1 aromatic carbocycles. The molecule has 0 aliphatic heterocycles. The summed E-state index contributed by atoms with van der Waals surface area (Å²) in [7, 11) is 0. The first-order valence-electron chi connectivity index (χ1n) is 7.69. The number of amides is 1. The molecule has 0 saturated heterocycles. The van der Waals surface area contributed by atoms with Gasteiger partial charge in [-0.05, 0) is 6.92 Å².